The van der Waals surface area contributed by atoms with E-state index in [2.05, 4.69) is 39.8 Å². The SMILES string of the molecule is C\C=C(CC)/C(C)=C(Cl)\C=C\CC. The van der Waals surface area contributed by atoms with E-state index in [1.165, 1.54) is 11.1 Å². The molecule has 0 aliphatic rings. The lowest BCUT2D eigenvalue weighted by atomic mass is 10.0. The van der Waals surface area contributed by atoms with Crippen molar-refractivity contribution in [2.45, 2.75) is 40.5 Å². The molecule has 0 aromatic heterocycles. The molecule has 0 rings (SSSR count). The minimum absolute atomic E-state index is 0.858. The van der Waals surface area contributed by atoms with Gasteiger partial charge in [-0.05, 0) is 43.9 Å². The smallest absolute Gasteiger partial charge is 0.0434 e. The summed E-state index contributed by atoms with van der Waals surface area (Å²) in [6.45, 7) is 8.37. The first kappa shape index (κ1) is 12.5. The van der Waals surface area contributed by atoms with Crippen LogP contribution in [0.4, 0.5) is 0 Å². The van der Waals surface area contributed by atoms with Crippen molar-refractivity contribution in [3.63, 3.8) is 0 Å². The molecule has 0 spiro atoms. The van der Waals surface area contributed by atoms with Crippen LogP contribution in [0.3, 0.4) is 0 Å². The zero-order chi connectivity index (χ0) is 10.3. The van der Waals surface area contributed by atoms with Gasteiger partial charge in [-0.15, -0.1) is 0 Å². The normalized spacial score (nSPS) is 15.0. The third-order valence-corrected chi connectivity index (χ3v) is 2.48. The van der Waals surface area contributed by atoms with Crippen molar-refractivity contribution in [3.05, 3.63) is 34.4 Å². The predicted octanol–water partition coefficient (Wildman–Crippen LogP) is 4.82. The van der Waals surface area contributed by atoms with E-state index in [9.17, 15) is 0 Å². The van der Waals surface area contributed by atoms with Crippen LogP contribution in [0.15, 0.2) is 34.4 Å². The molecule has 0 aliphatic heterocycles. The summed E-state index contributed by atoms with van der Waals surface area (Å²) in [6, 6.07) is 0. The number of hydrogen-bond acceptors (Lipinski definition) is 0. The highest BCUT2D eigenvalue weighted by molar-refractivity contribution is 6.31. The van der Waals surface area contributed by atoms with E-state index in [0.717, 1.165) is 17.9 Å². The van der Waals surface area contributed by atoms with Crippen LogP contribution in [0.5, 0.6) is 0 Å². The second-order valence-corrected chi connectivity index (χ2v) is 3.36. The third kappa shape index (κ3) is 4.33. The molecular formula is C12H19Cl. The van der Waals surface area contributed by atoms with E-state index in [4.69, 9.17) is 11.6 Å². The van der Waals surface area contributed by atoms with Gasteiger partial charge in [0.05, 0.1) is 0 Å². The first-order valence-electron chi connectivity index (χ1n) is 4.85. The minimum Gasteiger partial charge on any atom is -0.0841 e. The van der Waals surface area contributed by atoms with Crippen LogP contribution >= 0.6 is 11.6 Å². The topological polar surface area (TPSA) is 0 Å². The molecule has 0 N–H and O–H groups in total. The highest BCUT2D eigenvalue weighted by Gasteiger charge is 1.99. The van der Waals surface area contributed by atoms with Crippen LogP contribution in [0.2, 0.25) is 0 Å². The van der Waals surface area contributed by atoms with Crippen LogP contribution in [0, 0.1) is 0 Å². The molecule has 0 aromatic carbocycles. The number of hydrogen-bond donors (Lipinski definition) is 0. The molecule has 0 saturated heterocycles. The molecule has 0 amide bonds. The van der Waals surface area contributed by atoms with Gasteiger partial charge in [-0.25, -0.2) is 0 Å². The van der Waals surface area contributed by atoms with E-state index in [1.807, 2.05) is 6.08 Å². The summed E-state index contributed by atoms with van der Waals surface area (Å²) in [5, 5.41) is 0.858. The van der Waals surface area contributed by atoms with Crippen LogP contribution in [-0.2, 0) is 0 Å². The van der Waals surface area contributed by atoms with Crippen LogP contribution < -0.4 is 0 Å². The maximum atomic E-state index is 6.11. The molecule has 0 fully saturated rings. The van der Waals surface area contributed by atoms with E-state index in [-0.39, 0.29) is 0 Å². The molecule has 0 nitrogen and oxygen atoms in total. The summed E-state index contributed by atoms with van der Waals surface area (Å²) >= 11 is 6.11. The Kier molecular flexibility index (Phi) is 6.70. The molecule has 0 unspecified atom stereocenters. The second-order valence-electron chi connectivity index (χ2n) is 2.95. The highest BCUT2D eigenvalue weighted by Crippen LogP contribution is 2.21. The molecule has 0 atom stereocenters. The standard InChI is InChI=1S/C12H19Cl/c1-5-8-9-12(13)10(4)11(6-2)7-3/h6,8-9H,5,7H2,1-4H3/b9-8+,11-6-,12-10+. The van der Waals surface area contributed by atoms with E-state index in [0.29, 0.717) is 0 Å². The largest absolute Gasteiger partial charge is 0.0841 e. The van der Waals surface area contributed by atoms with Gasteiger partial charge in [0, 0.05) is 5.03 Å². The molecule has 0 radical (unpaired) electrons. The molecule has 0 bridgehead atoms. The minimum atomic E-state index is 0.858. The van der Waals surface area contributed by atoms with Gasteiger partial charge >= 0.3 is 0 Å². The molecule has 0 saturated carbocycles. The Bertz CT molecular complexity index is 232. The molecule has 13 heavy (non-hydrogen) atoms. The molecule has 74 valence electrons. The zero-order valence-electron chi connectivity index (χ0n) is 9.02. The Balaban J connectivity index is 4.69. The summed E-state index contributed by atoms with van der Waals surface area (Å²) in [6.07, 6.45) is 8.25. The van der Waals surface area contributed by atoms with Crippen LogP contribution in [0.25, 0.3) is 0 Å². The number of halogens is 1. The molecule has 0 heterocycles. The van der Waals surface area contributed by atoms with Gasteiger partial charge in [-0.3, -0.25) is 0 Å². The van der Waals surface area contributed by atoms with Crippen molar-refractivity contribution < 1.29 is 0 Å². The lowest BCUT2D eigenvalue weighted by Gasteiger charge is -2.05. The Morgan fingerprint density at radius 2 is 1.92 bits per heavy atom. The monoisotopic (exact) mass is 198 g/mol. The quantitative estimate of drug-likeness (QED) is 0.568. The Hall–Kier alpha value is -0.490. The van der Waals surface area contributed by atoms with Crippen molar-refractivity contribution in [2.75, 3.05) is 0 Å². The van der Waals surface area contributed by atoms with Crippen molar-refractivity contribution in [3.8, 4) is 0 Å². The Morgan fingerprint density at radius 1 is 1.31 bits per heavy atom. The fourth-order valence-electron chi connectivity index (χ4n) is 1.19. The van der Waals surface area contributed by atoms with Gasteiger partial charge in [-0.2, -0.15) is 0 Å². The Morgan fingerprint density at radius 3 is 2.31 bits per heavy atom. The molecular weight excluding hydrogens is 180 g/mol. The van der Waals surface area contributed by atoms with Gasteiger partial charge in [0.15, 0.2) is 0 Å². The van der Waals surface area contributed by atoms with Crippen molar-refractivity contribution in [1.29, 1.82) is 0 Å². The average molecular weight is 199 g/mol. The fourth-order valence-corrected chi connectivity index (χ4v) is 1.40. The first-order chi connectivity index (χ1) is 6.17. The van der Waals surface area contributed by atoms with Gasteiger partial charge in [-0.1, -0.05) is 37.6 Å². The van der Waals surface area contributed by atoms with E-state index in [1.54, 1.807) is 0 Å². The average Bonchev–Trinajstić information content (AvgIpc) is 2.15. The van der Waals surface area contributed by atoms with E-state index < -0.39 is 0 Å². The predicted molar refractivity (Wildman–Crippen MR) is 62.0 cm³/mol. The van der Waals surface area contributed by atoms with Gasteiger partial charge in [0.2, 0.25) is 0 Å². The summed E-state index contributed by atoms with van der Waals surface area (Å²) in [5.74, 6) is 0. The zero-order valence-corrected chi connectivity index (χ0v) is 9.78. The summed E-state index contributed by atoms with van der Waals surface area (Å²) < 4.78 is 0. The summed E-state index contributed by atoms with van der Waals surface area (Å²) in [7, 11) is 0. The maximum absolute atomic E-state index is 6.11. The van der Waals surface area contributed by atoms with Crippen LogP contribution in [0.1, 0.15) is 40.5 Å². The fraction of sp³-hybridized carbons (Fsp3) is 0.500. The second kappa shape index (κ2) is 6.97. The van der Waals surface area contributed by atoms with Gasteiger partial charge in [0.1, 0.15) is 0 Å². The Labute approximate surface area is 87.0 Å². The third-order valence-electron chi connectivity index (χ3n) is 2.07. The summed E-state index contributed by atoms with van der Waals surface area (Å²) in [5.41, 5.74) is 2.52. The van der Waals surface area contributed by atoms with Crippen molar-refractivity contribution in [1.82, 2.24) is 0 Å². The lowest BCUT2D eigenvalue weighted by Crippen LogP contribution is -1.85. The van der Waals surface area contributed by atoms with Gasteiger partial charge in [0.25, 0.3) is 0 Å². The van der Waals surface area contributed by atoms with Crippen LogP contribution in [-0.4, -0.2) is 0 Å². The molecule has 1 heteroatoms. The molecule has 0 aliphatic carbocycles. The number of rotatable bonds is 4. The lowest BCUT2D eigenvalue weighted by molar-refractivity contribution is 1.09. The van der Waals surface area contributed by atoms with Crippen molar-refractivity contribution in [2.24, 2.45) is 0 Å². The number of allylic oxidation sites excluding steroid dienone is 6. The molecule has 0 aromatic rings. The maximum Gasteiger partial charge on any atom is 0.0434 e. The first-order valence-corrected chi connectivity index (χ1v) is 5.23. The van der Waals surface area contributed by atoms with E-state index >= 15 is 0 Å². The highest BCUT2D eigenvalue weighted by atomic mass is 35.5. The van der Waals surface area contributed by atoms with Crippen molar-refractivity contribution >= 4 is 11.6 Å². The summed E-state index contributed by atoms with van der Waals surface area (Å²) in [4.78, 5) is 0. The van der Waals surface area contributed by atoms with Gasteiger partial charge < -0.3 is 0 Å².